The van der Waals surface area contributed by atoms with E-state index in [0.717, 1.165) is 11.3 Å². The van der Waals surface area contributed by atoms with Crippen LogP contribution in [0.5, 0.6) is 11.5 Å². The predicted molar refractivity (Wildman–Crippen MR) is 98.8 cm³/mol. The highest BCUT2D eigenvalue weighted by Gasteiger charge is 2.31. The zero-order valence-electron chi connectivity index (χ0n) is 14.4. The Bertz CT molecular complexity index is 718. The summed E-state index contributed by atoms with van der Waals surface area (Å²) in [6, 6.07) is 3.22. The number of hydrogen-bond acceptors (Lipinski definition) is 4. The molecule has 2 rings (SSSR count). The van der Waals surface area contributed by atoms with Gasteiger partial charge in [-0.1, -0.05) is 11.6 Å². The van der Waals surface area contributed by atoms with Crippen LogP contribution in [0.4, 0.5) is 0 Å². The average molecular weight is 369 g/mol. The number of allylic oxidation sites excluding steroid dienone is 1. The largest absolute Gasteiger partial charge is 0.491 e. The highest BCUT2D eigenvalue weighted by atomic mass is 35.5. The lowest BCUT2D eigenvalue weighted by atomic mass is 9.92. The fourth-order valence-corrected chi connectivity index (χ4v) is 3.31. The Morgan fingerprint density at radius 3 is 2.67 bits per heavy atom. The van der Waals surface area contributed by atoms with E-state index < -0.39 is 0 Å². The Labute approximate surface area is 152 Å². The van der Waals surface area contributed by atoms with Crippen LogP contribution < -0.4 is 14.8 Å². The van der Waals surface area contributed by atoms with Crippen molar-refractivity contribution in [3.63, 3.8) is 0 Å². The Morgan fingerprint density at radius 1 is 1.46 bits per heavy atom. The lowest BCUT2D eigenvalue weighted by molar-refractivity contribution is -0.114. The molecular formula is C17H21ClN2O3S. The second-order valence-electron chi connectivity index (χ2n) is 5.46. The van der Waals surface area contributed by atoms with Crippen molar-refractivity contribution in [2.24, 2.45) is 0 Å². The Balaban J connectivity index is 2.61. The van der Waals surface area contributed by atoms with Crippen molar-refractivity contribution < 1.29 is 14.3 Å². The first-order valence-electron chi connectivity index (χ1n) is 7.57. The average Bonchev–Trinajstić information content (AvgIpc) is 2.51. The lowest BCUT2D eigenvalue weighted by Gasteiger charge is -2.35. The van der Waals surface area contributed by atoms with Gasteiger partial charge in [-0.2, -0.15) is 0 Å². The molecule has 1 atom stereocenters. The van der Waals surface area contributed by atoms with E-state index in [0.29, 0.717) is 33.8 Å². The normalized spacial score (nSPS) is 17.7. The molecule has 7 heteroatoms. The zero-order valence-corrected chi connectivity index (χ0v) is 16.0. The molecule has 1 aliphatic rings. The van der Waals surface area contributed by atoms with Gasteiger partial charge in [0, 0.05) is 18.3 Å². The molecule has 1 unspecified atom stereocenters. The van der Waals surface area contributed by atoms with Gasteiger partial charge in [-0.25, -0.2) is 0 Å². The maximum absolute atomic E-state index is 12.2. The molecule has 0 amide bonds. The van der Waals surface area contributed by atoms with Crippen LogP contribution in [0, 0.1) is 0 Å². The van der Waals surface area contributed by atoms with Crippen LogP contribution in [0.1, 0.15) is 32.4 Å². The molecule has 0 bridgehead atoms. The third-order valence-corrected chi connectivity index (χ3v) is 4.67. The lowest BCUT2D eigenvalue weighted by Crippen LogP contribution is -2.45. The number of carbonyl (C=O) groups excluding carboxylic acids is 1. The molecule has 1 aliphatic heterocycles. The third kappa shape index (κ3) is 3.35. The molecule has 0 saturated heterocycles. The van der Waals surface area contributed by atoms with E-state index in [1.807, 2.05) is 27.0 Å². The first kappa shape index (κ1) is 18.5. The van der Waals surface area contributed by atoms with E-state index in [9.17, 15) is 4.79 Å². The highest BCUT2D eigenvalue weighted by molar-refractivity contribution is 7.80. The van der Waals surface area contributed by atoms with Crippen molar-refractivity contribution in [1.29, 1.82) is 0 Å². The van der Waals surface area contributed by atoms with E-state index in [1.165, 1.54) is 7.11 Å². The van der Waals surface area contributed by atoms with Crippen molar-refractivity contribution in [2.45, 2.75) is 26.8 Å². The van der Waals surface area contributed by atoms with E-state index in [1.54, 1.807) is 17.9 Å². The quantitative estimate of drug-likeness (QED) is 0.803. The van der Waals surface area contributed by atoms with Gasteiger partial charge in [-0.05, 0) is 50.7 Å². The Kier molecular flexibility index (Phi) is 5.72. The number of hydrogen-bond donors (Lipinski definition) is 1. The maximum Gasteiger partial charge on any atom is 0.179 e. The summed E-state index contributed by atoms with van der Waals surface area (Å²) in [6.07, 6.45) is 0. The zero-order chi connectivity index (χ0) is 18.0. The number of carbonyl (C=O) groups is 1. The number of nitrogens with one attached hydrogen (secondary N) is 1. The Hall–Kier alpha value is -1.79. The van der Waals surface area contributed by atoms with Crippen molar-refractivity contribution in [3.8, 4) is 11.5 Å². The van der Waals surface area contributed by atoms with Gasteiger partial charge in [0.25, 0.3) is 0 Å². The van der Waals surface area contributed by atoms with E-state index in [-0.39, 0.29) is 11.8 Å². The molecule has 1 aromatic carbocycles. The number of rotatable bonds is 5. The predicted octanol–water partition coefficient (Wildman–Crippen LogP) is 3.47. The summed E-state index contributed by atoms with van der Waals surface area (Å²) >= 11 is 11.7. The molecule has 1 heterocycles. The SMILES string of the molecule is CCOc1cc(C2NC(=S)N(C)C(C)=C2C(C)=O)cc(Cl)c1OC. The fraction of sp³-hybridized carbons (Fsp3) is 0.412. The molecule has 130 valence electrons. The van der Waals surface area contributed by atoms with Crippen LogP contribution in [-0.2, 0) is 4.79 Å². The number of nitrogens with zero attached hydrogens (tertiary/aromatic N) is 1. The standard InChI is InChI=1S/C17H21ClN2O3S/c1-6-23-13-8-11(7-12(18)16(13)22-5)15-14(10(3)21)9(2)20(4)17(24)19-15/h7-8,15H,6H2,1-5H3,(H,19,24). The Morgan fingerprint density at radius 2 is 2.12 bits per heavy atom. The second kappa shape index (κ2) is 7.40. The molecule has 0 saturated carbocycles. The summed E-state index contributed by atoms with van der Waals surface area (Å²) in [4.78, 5) is 14.0. The van der Waals surface area contributed by atoms with Crippen LogP contribution >= 0.6 is 23.8 Å². The van der Waals surface area contributed by atoms with Crippen LogP contribution in [-0.4, -0.2) is 36.6 Å². The number of benzene rings is 1. The minimum absolute atomic E-state index is 0.0238. The summed E-state index contributed by atoms with van der Waals surface area (Å²) in [5, 5.41) is 4.17. The van der Waals surface area contributed by atoms with Crippen molar-refractivity contribution >= 4 is 34.7 Å². The van der Waals surface area contributed by atoms with E-state index in [4.69, 9.17) is 33.3 Å². The van der Waals surface area contributed by atoms with Gasteiger partial charge in [0.15, 0.2) is 22.4 Å². The van der Waals surface area contributed by atoms with Gasteiger partial charge in [0.05, 0.1) is 24.8 Å². The summed E-state index contributed by atoms with van der Waals surface area (Å²) in [7, 11) is 3.37. The van der Waals surface area contributed by atoms with Crippen LogP contribution in [0.25, 0.3) is 0 Å². The molecule has 0 aromatic heterocycles. The number of Topliss-reactive ketones (excluding diaryl/α,β-unsaturated/α-hetero) is 1. The van der Waals surface area contributed by atoms with Crippen LogP contribution in [0.2, 0.25) is 5.02 Å². The molecular weight excluding hydrogens is 348 g/mol. The smallest absolute Gasteiger partial charge is 0.179 e. The number of thiocarbonyl (C=S) groups is 1. The van der Waals surface area contributed by atoms with Gasteiger partial charge >= 0.3 is 0 Å². The van der Waals surface area contributed by atoms with Crippen LogP contribution in [0.15, 0.2) is 23.4 Å². The van der Waals surface area contributed by atoms with Gasteiger partial charge < -0.3 is 19.7 Å². The number of halogens is 1. The third-order valence-electron chi connectivity index (χ3n) is 4.00. The summed E-state index contributed by atoms with van der Waals surface area (Å²) < 4.78 is 10.9. The summed E-state index contributed by atoms with van der Waals surface area (Å²) in [6.45, 7) is 5.79. The second-order valence-corrected chi connectivity index (χ2v) is 6.26. The van der Waals surface area contributed by atoms with Crippen molar-refractivity contribution in [1.82, 2.24) is 10.2 Å². The molecule has 0 spiro atoms. The van der Waals surface area contributed by atoms with Crippen LogP contribution in [0.3, 0.4) is 0 Å². The van der Waals surface area contributed by atoms with Gasteiger partial charge in [0.1, 0.15) is 0 Å². The number of methoxy groups -OCH3 is 1. The number of ketones is 1. The molecule has 0 fully saturated rings. The molecule has 24 heavy (non-hydrogen) atoms. The molecule has 0 aliphatic carbocycles. The number of ether oxygens (including phenoxy) is 2. The topological polar surface area (TPSA) is 50.8 Å². The van der Waals surface area contributed by atoms with E-state index >= 15 is 0 Å². The van der Waals surface area contributed by atoms with Crippen molar-refractivity contribution in [3.05, 3.63) is 34.0 Å². The molecule has 1 N–H and O–H groups in total. The molecule has 1 aromatic rings. The highest BCUT2D eigenvalue weighted by Crippen LogP contribution is 2.40. The summed E-state index contributed by atoms with van der Waals surface area (Å²) in [5.74, 6) is 0.988. The maximum atomic E-state index is 12.2. The van der Waals surface area contributed by atoms with Crippen molar-refractivity contribution in [2.75, 3.05) is 20.8 Å². The first-order valence-corrected chi connectivity index (χ1v) is 8.36. The minimum Gasteiger partial charge on any atom is -0.491 e. The molecule has 5 nitrogen and oxygen atoms in total. The summed E-state index contributed by atoms with van der Waals surface area (Å²) in [5.41, 5.74) is 2.26. The first-order chi connectivity index (χ1) is 11.3. The van der Waals surface area contributed by atoms with Gasteiger partial charge in [-0.3, -0.25) is 4.79 Å². The molecule has 0 radical (unpaired) electrons. The van der Waals surface area contributed by atoms with Gasteiger partial charge in [0.2, 0.25) is 0 Å². The van der Waals surface area contributed by atoms with E-state index in [2.05, 4.69) is 5.32 Å². The monoisotopic (exact) mass is 368 g/mol. The fourth-order valence-electron chi connectivity index (χ4n) is 2.76. The van der Waals surface area contributed by atoms with Gasteiger partial charge in [-0.15, -0.1) is 0 Å². The minimum atomic E-state index is -0.381.